The molecule has 1 saturated heterocycles. The summed E-state index contributed by atoms with van der Waals surface area (Å²) in [5, 5.41) is 11.4. The standard InChI is InChI=1S/C22H26N2O5/c1-14-10-11-15-17(13-14)22(29)24(21(15)28)18-8-5-4-7-16(18)20(27)23-12-6-2-3-9-19(25)26/h4-5,7-8,10,15,17H,2-3,6,9,11-13H2,1H3,(H,23,27)(H,25,26). The Balaban J connectivity index is 1.68. The lowest BCUT2D eigenvalue weighted by molar-refractivity contribution is -0.137. The number of imide groups is 1. The number of fused-ring (bicyclic) bond motifs is 1. The summed E-state index contributed by atoms with van der Waals surface area (Å²) in [6.07, 6.45) is 5.20. The van der Waals surface area contributed by atoms with E-state index in [4.69, 9.17) is 5.11 Å². The molecule has 0 radical (unpaired) electrons. The summed E-state index contributed by atoms with van der Waals surface area (Å²) in [5.41, 5.74) is 1.74. The normalized spacial score (nSPS) is 21.0. The third-order valence-electron chi connectivity index (χ3n) is 5.57. The fraction of sp³-hybridized carbons (Fsp3) is 0.455. The van der Waals surface area contributed by atoms with Crippen molar-refractivity contribution in [3.63, 3.8) is 0 Å². The molecule has 2 unspecified atom stereocenters. The third-order valence-corrected chi connectivity index (χ3v) is 5.57. The SMILES string of the molecule is CC1=CCC2C(=O)N(c3ccccc3C(=O)NCCCCCC(=O)O)C(=O)C2C1. The van der Waals surface area contributed by atoms with Crippen molar-refractivity contribution in [3.05, 3.63) is 41.5 Å². The van der Waals surface area contributed by atoms with Gasteiger partial charge in [0.2, 0.25) is 11.8 Å². The first kappa shape index (κ1) is 20.8. The number of carbonyl (C=O) groups is 4. The molecule has 2 N–H and O–H groups in total. The molecule has 0 spiro atoms. The molecule has 1 fully saturated rings. The zero-order valence-electron chi connectivity index (χ0n) is 16.5. The van der Waals surface area contributed by atoms with Gasteiger partial charge in [-0.05, 0) is 44.7 Å². The lowest BCUT2D eigenvalue weighted by atomic mass is 9.82. The van der Waals surface area contributed by atoms with Crippen LogP contribution >= 0.6 is 0 Å². The second kappa shape index (κ2) is 9.03. The largest absolute Gasteiger partial charge is 0.481 e. The first-order chi connectivity index (χ1) is 13.9. The van der Waals surface area contributed by atoms with Crippen LogP contribution in [0.1, 0.15) is 55.8 Å². The molecule has 0 aromatic heterocycles. The van der Waals surface area contributed by atoms with Crippen LogP contribution in [0.25, 0.3) is 0 Å². The second-order valence-electron chi connectivity index (χ2n) is 7.69. The van der Waals surface area contributed by atoms with Gasteiger partial charge in [-0.25, -0.2) is 4.90 Å². The number of benzene rings is 1. The Bertz CT molecular complexity index is 861. The number of aliphatic carboxylic acids is 1. The number of unbranched alkanes of at least 4 members (excludes halogenated alkanes) is 2. The molecular weight excluding hydrogens is 372 g/mol. The number of hydrogen-bond donors (Lipinski definition) is 2. The van der Waals surface area contributed by atoms with E-state index in [2.05, 4.69) is 5.32 Å². The van der Waals surface area contributed by atoms with Crippen LogP contribution < -0.4 is 10.2 Å². The van der Waals surface area contributed by atoms with Crippen molar-refractivity contribution in [2.24, 2.45) is 11.8 Å². The number of nitrogens with zero attached hydrogens (tertiary/aromatic N) is 1. The number of nitrogens with one attached hydrogen (secondary N) is 1. The summed E-state index contributed by atoms with van der Waals surface area (Å²) in [7, 11) is 0. The molecule has 7 heteroatoms. The molecule has 2 aliphatic rings. The van der Waals surface area contributed by atoms with Crippen molar-refractivity contribution < 1.29 is 24.3 Å². The van der Waals surface area contributed by atoms with Gasteiger partial charge in [-0.2, -0.15) is 0 Å². The van der Waals surface area contributed by atoms with E-state index in [0.29, 0.717) is 49.9 Å². The summed E-state index contributed by atoms with van der Waals surface area (Å²) in [5.74, 6) is -2.34. The Hall–Kier alpha value is -2.96. The third kappa shape index (κ3) is 4.55. The molecule has 1 heterocycles. The number of carboxylic acid groups (broad SMARTS) is 1. The van der Waals surface area contributed by atoms with E-state index in [-0.39, 0.29) is 36.0 Å². The topological polar surface area (TPSA) is 104 Å². The molecule has 2 atom stereocenters. The zero-order valence-corrected chi connectivity index (χ0v) is 16.5. The van der Waals surface area contributed by atoms with Gasteiger partial charge in [0, 0.05) is 13.0 Å². The van der Waals surface area contributed by atoms with Crippen molar-refractivity contribution in [2.45, 2.75) is 45.4 Å². The quantitative estimate of drug-likeness (QED) is 0.398. The molecule has 154 valence electrons. The van der Waals surface area contributed by atoms with Crippen molar-refractivity contribution >= 4 is 29.4 Å². The van der Waals surface area contributed by atoms with E-state index < -0.39 is 5.97 Å². The molecule has 1 aliphatic heterocycles. The molecule has 1 aromatic carbocycles. The second-order valence-corrected chi connectivity index (χ2v) is 7.69. The Morgan fingerprint density at radius 3 is 2.59 bits per heavy atom. The van der Waals surface area contributed by atoms with Crippen LogP contribution in [0.3, 0.4) is 0 Å². The maximum atomic E-state index is 13.0. The van der Waals surface area contributed by atoms with Crippen LogP contribution in [-0.2, 0) is 14.4 Å². The van der Waals surface area contributed by atoms with Crippen LogP contribution in [0, 0.1) is 11.8 Å². The summed E-state index contributed by atoms with van der Waals surface area (Å²) < 4.78 is 0. The van der Waals surface area contributed by atoms with E-state index in [9.17, 15) is 19.2 Å². The highest BCUT2D eigenvalue weighted by Gasteiger charge is 2.49. The smallest absolute Gasteiger partial charge is 0.303 e. The number of para-hydroxylation sites is 1. The first-order valence-electron chi connectivity index (χ1n) is 10.0. The van der Waals surface area contributed by atoms with Gasteiger partial charge < -0.3 is 10.4 Å². The molecule has 0 bridgehead atoms. The van der Waals surface area contributed by atoms with Crippen LogP contribution in [-0.4, -0.2) is 35.3 Å². The van der Waals surface area contributed by atoms with E-state index >= 15 is 0 Å². The zero-order chi connectivity index (χ0) is 21.0. The Morgan fingerprint density at radius 2 is 1.83 bits per heavy atom. The van der Waals surface area contributed by atoms with Gasteiger partial charge in [-0.1, -0.05) is 30.2 Å². The van der Waals surface area contributed by atoms with Crippen molar-refractivity contribution in [3.8, 4) is 0 Å². The fourth-order valence-electron chi connectivity index (χ4n) is 4.01. The fourth-order valence-corrected chi connectivity index (χ4v) is 4.01. The average molecular weight is 398 g/mol. The predicted octanol–water partition coefficient (Wildman–Crippen LogP) is 2.91. The molecule has 1 aliphatic carbocycles. The van der Waals surface area contributed by atoms with Gasteiger partial charge in [-0.3, -0.25) is 19.2 Å². The average Bonchev–Trinajstić information content (AvgIpc) is 2.94. The minimum absolute atomic E-state index is 0.118. The minimum atomic E-state index is -0.825. The Morgan fingerprint density at radius 1 is 1.10 bits per heavy atom. The molecule has 29 heavy (non-hydrogen) atoms. The highest BCUT2D eigenvalue weighted by atomic mass is 16.4. The number of anilines is 1. The highest BCUT2D eigenvalue weighted by Crippen LogP contribution is 2.40. The lowest BCUT2D eigenvalue weighted by Crippen LogP contribution is -2.34. The van der Waals surface area contributed by atoms with Crippen LogP contribution in [0.5, 0.6) is 0 Å². The van der Waals surface area contributed by atoms with Crippen LogP contribution in [0.4, 0.5) is 5.69 Å². The van der Waals surface area contributed by atoms with Crippen LogP contribution in [0.2, 0.25) is 0 Å². The molecule has 7 nitrogen and oxygen atoms in total. The van der Waals surface area contributed by atoms with Gasteiger partial charge in [-0.15, -0.1) is 0 Å². The van der Waals surface area contributed by atoms with Crippen molar-refractivity contribution in [1.29, 1.82) is 0 Å². The number of amides is 3. The number of hydrogen-bond acceptors (Lipinski definition) is 4. The van der Waals surface area contributed by atoms with Crippen LogP contribution in [0.15, 0.2) is 35.9 Å². The van der Waals surface area contributed by atoms with Gasteiger partial charge in [0.05, 0.1) is 23.1 Å². The molecule has 3 rings (SSSR count). The number of carboxylic acids is 1. The maximum absolute atomic E-state index is 13.0. The summed E-state index contributed by atoms with van der Waals surface area (Å²) in [6.45, 7) is 2.37. The minimum Gasteiger partial charge on any atom is -0.481 e. The van der Waals surface area contributed by atoms with Crippen molar-refractivity contribution in [2.75, 3.05) is 11.4 Å². The summed E-state index contributed by atoms with van der Waals surface area (Å²) >= 11 is 0. The van der Waals surface area contributed by atoms with E-state index in [1.54, 1.807) is 24.3 Å². The Kier molecular flexibility index (Phi) is 6.46. The van der Waals surface area contributed by atoms with E-state index in [0.717, 1.165) is 5.57 Å². The predicted molar refractivity (Wildman–Crippen MR) is 107 cm³/mol. The van der Waals surface area contributed by atoms with Crippen molar-refractivity contribution in [1.82, 2.24) is 5.32 Å². The molecule has 3 amide bonds. The number of carbonyl (C=O) groups excluding carboxylic acids is 3. The van der Waals surface area contributed by atoms with E-state index in [1.807, 2.05) is 13.0 Å². The van der Waals surface area contributed by atoms with Gasteiger partial charge in [0.1, 0.15) is 0 Å². The monoisotopic (exact) mass is 398 g/mol. The maximum Gasteiger partial charge on any atom is 0.303 e. The van der Waals surface area contributed by atoms with E-state index in [1.165, 1.54) is 4.90 Å². The lowest BCUT2D eigenvalue weighted by Gasteiger charge is -2.19. The number of rotatable bonds is 8. The highest BCUT2D eigenvalue weighted by molar-refractivity contribution is 6.24. The summed E-state index contributed by atoms with van der Waals surface area (Å²) in [4.78, 5) is 50.3. The Labute approximate surface area is 169 Å². The van der Waals surface area contributed by atoms with Gasteiger partial charge in [0.15, 0.2) is 0 Å². The molecular formula is C22H26N2O5. The van der Waals surface area contributed by atoms with Gasteiger partial charge in [0.25, 0.3) is 5.91 Å². The molecule has 1 aromatic rings. The number of allylic oxidation sites excluding steroid dienone is 2. The first-order valence-corrected chi connectivity index (χ1v) is 10.0. The van der Waals surface area contributed by atoms with Gasteiger partial charge >= 0.3 is 5.97 Å². The summed E-state index contributed by atoms with van der Waals surface area (Å²) in [6, 6.07) is 6.66. The molecule has 0 saturated carbocycles.